The Morgan fingerprint density at radius 2 is 1.89 bits per heavy atom. The molecule has 1 saturated heterocycles. The summed E-state index contributed by atoms with van der Waals surface area (Å²) in [5.74, 6) is -0.623. The van der Waals surface area contributed by atoms with Gasteiger partial charge < -0.3 is 30.1 Å². The number of hydrogen-bond acceptors (Lipinski definition) is 10. The number of aliphatic hydroxyl groups excluding tert-OH is 2. The van der Waals surface area contributed by atoms with Crippen LogP contribution >= 0.6 is 30.8 Å². The van der Waals surface area contributed by atoms with Crippen molar-refractivity contribution in [3.8, 4) is 0 Å². The number of nitrogens with zero attached hydrogens (tertiary/aromatic N) is 4. The highest BCUT2D eigenvalue weighted by atomic mass is 35.5. The molecule has 0 bridgehead atoms. The van der Waals surface area contributed by atoms with Gasteiger partial charge in [-0.25, -0.2) is 13.1 Å². The highest BCUT2D eigenvalue weighted by molar-refractivity contribution is 7.97. The third-order valence-corrected chi connectivity index (χ3v) is 9.78. The lowest BCUT2D eigenvalue weighted by atomic mass is 10.1. The minimum Gasteiger partial charge on any atom is -0.387 e. The minimum absolute atomic E-state index is 0.124. The number of halogens is 2. The number of anilines is 1. The number of fused-ring (bicyclic) bond motifs is 1. The average molecular weight is 582 g/mol. The van der Waals surface area contributed by atoms with Crippen molar-refractivity contribution >= 4 is 57.5 Å². The van der Waals surface area contributed by atoms with Gasteiger partial charge in [0.1, 0.15) is 24.1 Å². The smallest absolute Gasteiger partial charge is 0.340 e. The van der Waals surface area contributed by atoms with Crippen LogP contribution in [0.3, 0.4) is 0 Å². The third kappa shape index (κ3) is 5.82. The summed E-state index contributed by atoms with van der Waals surface area (Å²) in [5.41, 5.74) is -0.496. The van der Waals surface area contributed by atoms with Gasteiger partial charge in [0.15, 0.2) is 27.2 Å². The third-order valence-electron chi connectivity index (χ3n) is 5.51. The molecule has 5 atom stereocenters. The Morgan fingerprint density at radius 3 is 2.56 bits per heavy atom. The Labute approximate surface area is 215 Å². The zero-order valence-corrected chi connectivity index (χ0v) is 21.7. The second-order valence-electron chi connectivity index (χ2n) is 8.31. The van der Waals surface area contributed by atoms with Gasteiger partial charge >= 0.3 is 7.60 Å². The van der Waals surface area contributed by atoms with Crippen LogP contribution in [-0.2, 0) is 19.1 Å². The predicted molar refractivity (Wildman–Crippen MR) is 130 cm³/mol. The van der Waals surface area contributed by atoms with E-state index in [1.54, 1.807) is 12.1 Å². The van der Waals surface area contributed by atoms with Crippen molar-refractivity contribution < 1.29 is 37.7 Å². The maximum atomic E-state index is 12.1. The molecule has 5 N–H and O–H groups in total. The molecule has 0 saturated carbocycles. The molecule has 3 heterocycles. The Kier molecular flexibility index (Phi) is 7.64. The van der Waals surface area contributed by atoms with Crippen molar-refractivity contribution in [2.45, 2.75) is 37.5 Å². The maximum Gasteiger partial charge on any atom is 0.340 e. The van der Waals surface area contributed by atoms with Crippen LogP contribution in [0.5, 0.6) is 0 Å². The second kappa shape index (κ2) is 10.1. The van der Waals surface area contributed by atoms with Crippen LogP contribution in [0.2, 0.25) is 10.3 Å². The van der Waals surface area contributed by atoms with Crippen LogP contribution in [-0.4, -0.2) is 77.7 Å². The lowest BCUT2D eigenvalue weighted by Crippen LogP contribution is -2.36. The van der Waals surface area contributed by atoms with E-state index in [0.717, 1.165) is 10.2 Å². The van der Waals surface area contributed by atoms with E-state index in [4.69, 9.17) is 37.7 Å². The molecule has 0 amide bonds. The van der Waals surface area contributed by atoms with E-state index in [1.165, 1.54) is 6.20 Å². The molecule has 1 aliphatic heterocycles. The summed E-state index contributed by atoms with van der Waals surface area (Å²) in [6, 6.07) is 6.93. The first-order chi connectivity index (χ1) is 16.8. The monoisotopic (exact) mass is 581 g/mol. The van der Waals surface area contributed by atoms with E-state index in [1.807, 2.05) is 19.1 Å². The van der Waals surface area contributed by atoms with Crippen molar-refractivity contribution in [2.24, 2.45) is 0 Å². The zero-order chi connectivity index (χ0) is 26.4. The SMILES string of the molecule is CC(Nc1nc(Cl)nc2c1cnn2[C@@H]1O[C@H](CS(=O)(=O)CP(=O)(O)O)[C@@H](O)[C@H]1O)c1ccccc1Cl. The fourth-order valence-corrected chi connectivity index (χ4v) is 7.64. The van der Waals surface area contributed by atoms with Gasteiger partial charge in [-0.05, 0) is 30.2 Å². The van der Waals surface area contributed by atoms with Gasteiger partial charge in [0.25, 0.3) is 0 Å². The Bertz CT molecular complexity index is 1430. The summed E-state index contributed by atoms with van der Waals surface area (Å²) in [6.45, 7) is 1.86. The van der Waals surface area contributed by atoms with Gasteiger partial charge in [-0.2, -0.15) is 15.1 Å². The molecule has 2 aromatic heterocycles. The fourth-order valence-electron chi connectivity index (χ4n) is 3.93. The summed E-state index contributed by atoms with van der Waals surface area (Å²) >= 11 is 12.4. The van der Waals surface area contributed by atoms with Crippen LogP contribution in [0.25, 0.3) is 11.0 Å². The summed E-state index contributed by atoms with van der Waals surface area (Å²) in [7, 11) is -9.20. The molecule has 0 radical (unpaired) electrons. The standard InChI is InChI=1S/C19H22Cl2N5O8PS/c1-9(10-4-2-3-5-12(10)20)23-16-11-6-22-26(17(11)25-19(21)24-16)18-15(28)14(27)13(34-18)7-36(32,33)8-35(29,30)31/h2-6,9,13-15,18,27-28H,7-8H2,1H3,(H,23,24,25)(H2,29,30,31)/t9?,13-,14-,15-,18-/m1/s1. The number of aliphatic hydroxyl groups is 2. The summed E-state index contributed by atoms with van der Waals surface area (Å²) in [6.07, 6.45) is -4.77. The van der Waals surface area contributed by atoms with Crippen LogP contribution in [0.1, 0.15) is 24.8 Å². The highest BCUT2D eigenvalue weighted by Gasteiger charge is 2.47. The van der Waals surface area contributed by atoms with E-state index in [9.17, 15) is 23.2 Å². The van der Waals surface area contributed by atoms with E-state index in [0.29, 0.717) is 16.2 Å². The highest BCUT2D eigenvalue weighted by Crippen LogP contribution is 2.38. The quantitative estimate of drug-likeness (QED) is 0.190. The molecule has 1 unspecified atom stereocenters. The number of benzene rings is 1. The van der Waals surface area contributed by atoms with Gasteiger partial charge in [-0.1, -0.05) is 29.8 Å². The fraction of sp³-hybridized carbons (Fsp3) is 0.421. The van der Waals surface area contributed by atoms with E-state index in [2.05, 4.69) is 20.4 Å². The first kappa shape index (κ1) is 27.2. The number of rotatable bonds is 8. The number of nitrogens with one attached hydrogen (secondary N) is 1. The largest absolute Gasteiger partial charge is 0.387 e. The molecule has 17 heteroatoms. The van der Waals surface area contributed by atoms with E-state index < -0.39 is 53.2 Å². The Hall–Kier alpha value is -1.87. The summed E-state index contributed by atoms with van der Waals surface area (Å²) < 4.78 is 42.1. The molecule has 3 aromatic rings. The average Bonchev–Trinajstić information content (AvgIpc) is 3.28. The number of ether oxygens (including phenoxy) is 1. The van der Waals surface area contributed by atoms with Gasteiger partial charge in [-0.3, -0.25) is 4.57 Å². The van der Waals surface area contributed by atoms with E-state index >= 15 is 0 Å². The van der Waals surface area contributed by atoms with E-state index in [-0.39, 0.29) is 17.0 Å². The molecule has 4 rings (SSSR count). The lowest BCUT2D eigenvalue weighted by Gasteiger charge is -2.18. The summed E-state index contributed by atoms with van der Waals surface area (Å²) in [4.78, 5) is 26.3. The summed E-state index contributed by atoms with van der Waals surface area (Å²) in [5, 5.41) is 29.1. The molecule has 0 aliphatic carbocycles. The van der Waals surface area contributed by atoms with Gasteiger partial charge in [0.05, 0.1) is 23.4 Å². The first-order valence-corrected chi connectivity index (χ1v) is 14.8. The topological polar surface area (TPSA) is 197 Å². The molecular formula is C19H22Cl2N5O8PS. The molecular weight excluding hydrogens is 560 g/mol. The van der Waals surface area contributed by atoms with Crippen molar-refractivity contribution in [1.29, 1.82) is 0 Å². The van der Waals surface area contributed by atoms with Crippen LogP contribution in [0, 0.1) is 0 Å². The van der Waals surface area contributed by atoms with Crippen LogP contribution in [0.15, 0.2) is 30.5 Å². The zero-order valence-electron chi connectivity index (χ0n) is 18.5. The van der Waals surface area contributed by atoms with Gasteiger partial charge in [0, 0.05) is 5.02 Å². The predicted octanol–water partition coefficient (Wildman–Crippen LogP) is 1.48. The Morgan fingerprint density at radius 1 is 1.19 bits per heavy atom. The van der Waals surface area contributed by atoms with Gasteiger partial charge in [-0.15, -0.1) is 0 Å². The molecule has 0 spiro atoms. The molecule has 1 fully saturated rings. The number of sulfone groups is 1. The van der Waals surface area contributed by atoms with Crippen LogP contribution in [0.4, 0.5) is 5.82 Å². The van der Waals surface area contributed by atoms with Gasteiger partial charge in [0.2, 0.25) is 5.28 Å². The molecule has 1 aliphatic rings. The minimum atomic E-state index is -4.88. The maximum absolute atomic E-state index is 12.1. The Balaban J connectivity index is 1.62. The number of hydrogen-bond donors (Lipinski definition) is 5. The molecule has 13 nitrogen and oxygen atoms in total. The lowest BCUT2D eigenvalue weighted by molar-refractivity contribution is -0.0364. The molecule has 1 aromatic carbocycles. The van der Waals surface area contributed by atoms with Crippen molar-refractivity contribution in [3.05, 3.63) is 46.3 Å². The first-order valence-electron chi connectivity index (χ1n) is 10.4. The van der Waals surface area contributed by atoms with Crippen molar-refractivity contribution in [1.82, 2.24) is 19.7 Å². The van der Waals surface area contributed by atoms with Crippen LogP contribution < -0.4 is 5.32 Å². The van der Waals surface area contributed by atoms with Crippen molar-refractivity contribution in [3.63, 3.8) is 0 Å². The van der Waals surface area contributed by atoms with Crippen molar-refractivity contribution in [2.75, 3.05) is 16.6 Å². The molecule has 196 valence electrons. The normalized spacial score (nSPS) is 23.8. The second-order valence-corrected chi connectivity index (χ2v) is 13.2. The molecule has 36 heavy (non-hydrogen) atoms. The number of aromatic nitrogens is 4.